The molecule has 2 unspecified atom stereocenters. The van der Waals surface area contributed by atoms with Gasteiger partial charge in [0.05, 0.1) is 6.61 Å². The zero-order chi connectivity index (χ0) is 20.5. The van der Waals surface area contributed by atoms with Gasteiger partial charge in [0.2, 0.25) is 5.91 Å². The van der Waals surface area contributed by atoms with Crippen molar-refractivity contribution >= 4 is 12.0 Å². The van der Waals surface area contributed by atoms with E-state index in [-0.39, 0.29) is 24.1 Å². The first-order valence-electron chi connectivity index (χ1n) is 11.2. The number of hydrogen-bond donors (Lipinski definition) is 0. The average Bonchev–Trinajstić information content (AvgIpc) is 3.37. The predicted molar refractivity (Wildman–Crippen MR) is 110 cm³/mol. The maximum Gasteiger partial charge on any atom is 0.410 e. The number of piperidine rings is 2. The molecule has 2 atom stereocenters. The predicted octanol–water partition coefficient (Wildman–Crippen LogP) is 3.50. The molecule has 6 heteroatoms. The summed E-state index contributed by atoms with van der Waals surface area (Å²) in [5.41, 5.74) is 0.369. The normalized spacial score (nSPS) is 30.8. The van der Waals surface area contributed by atoms with E-state index in [4.69, 9.17) is 4.74 Å². The summed E-state index contributed by atoms with van der Waals surface area (Å²) in [6, 6.07) is 1.31. The summed E-state index contributed by atoms with van der Waals surface area (Å²) >= 11 is 0. The molecule has 0 spiro atoms. The number of rotatable bonds is 5. The van der Waals surface area contributed by atoms with Crippen LogP contribution < -0.4 is 0 Å². The molecule has 28 heavy (non-hydrogen) atoms. The number of amides is 2. The summed E-state index contributed by atoms with van der Waals surface area (Å²) in [4.78, 5) is 31.2. The van der Waals surface area contributed by atoms with E-state index in [1.165, 1.54) is 12.8 Å². The highest BCUT2D eigenvalue weighted by atomic mass is 16.6. The van der Waals surface area contributed by atoms with Crippen LogP contribution in [-0.2, 0) is 9.53 Å². The molecule has 3 aliphatic rings. The Balaban J connectivity index is 1.53. The third-order valence-corrected chi connectivity index (χ3v) is 7.17. The number of likely N-dealkylation sites (tertiary alicyclic amines) is 2. The second kappa shape index (κ2) is 8.60. The van der Waals surface area contributed by atoms with Gasteiger partial charge < -0.3 is 19.4 Å². The van der Waals surface area contributed by atoms with Crippen molar-refractivity contribution in [3.63, 3.8) is 0 Å². The van der Waals surface area contributed by atoms with Gasteiger partial charge in [-0.05, 0) is 64.7 Å². The van der Waals surface area contributed by atoms with E-state index in [1.807, 2.05) is 11.8 Å². The van der Waals surface area contributed by atoms with Crippen LogP contribution in [0.25, 0.3) is 0 Å². The van der Waals surface area contributed by atoms with Crippen LogP contribution in [0.3, 0.4) is 0 Å². The van der Waals surface area contributed by atoms with Crippen molar-refractivity contribution in [1.82, 2.24) is 14.7 Å². The summed E-state index contributed by atoms with van der Waals surface area (Å²) < 4.78 is 5.25. The fourth-order valence-electron chi connectivity index (χ4n) is 5.24. The molecule has 0 aromatic heterocycles. The van der Waals surface area contributed by atoms with Crippen molar-refractivity contribution in [3.05, 3.63) is 0 Å². The summed E-state index contributed by atoms with van der Waals surface area (Å²) in [6.45, 7) is 13.6. The summed E-state index contributed by atoms with van der Waals surface area (Å²) in [5, 5.41) is 0. The molecule has 2 amide bonds. The van der Waals surface area contributed by atoms with Crippen LogP contribution in [-0.4, -0.2) is 77.1 Å². The average molecular weight is 394 g/mol. The SMILES string of the molecule is CCOC(=O)N1C(C)CC(N2CCC(N(CC3(C)CC3)C(C)=O)CC2)CC1C. The van der Waals surface area contributed by atoms with Crippen molar-refractivity contribution in [2.75, 3.05) is 26.2 Å². The third kappa shape index (κ3) is 4.81. The Morgan fingerprint density at radius 2 is 1.68 bits per heavy atom. The summed E-state index contributed by atoms with van der Waals surface area (Å²) in [6.07, 6.45) is 6.47. The van der Waals surface area contributed by atoms with E-state index in [1.54, 1.807) is 6.92 Å². The van der Waals surface area contributed by atoms with Crippen molar-refractivity contribution in [2.24, 2.45) is 5.41 Å². The minimum atomic E-state index is -0.176. The van der Waals surface area contributed by atoms with Crippen LogP contribution in [0, 0.1) is 5.41 Å². The van der Waals surface area contributed by atoms with Gasteiger partial charge in [-0.25, -0.2) is 4.79 Å². The molecule has 2 heterocycles. The standard InChI is InChI=1S/C22H39N3O3/c1-6-28-21(27)25-16(2)13-20(14-17(25)3)23-11-7-19(8-12-23)24(18(4)26)15-22(5)9-10-22/h16-17,19-20H,6-15H2,1-5H3. The number of hydrogen-bond acceptors (Lipinski definition) is 4. The van der Waals surface area contributed by atoms with Gasteiger partial charge in [-0.15, -0.1) is 0 Å². The fourth-order valence-corrected chi connectivity index (χ4v) is 5.24. The molecule has 6 nitrogen and oxygen atoms in total. The zero-order valence-corrected chi connectivity index (χ0v) is 18.4. The Morgan fingerprint density at radius 1 is 1.11 bits per heavy atom. The van der Waals surface area contributed by atoms with E-state index in [9.17, 15) is 9.59 Å². The maximum absolute atomic E-state index is 12.3. The minimum Gasteiger partial charge on any atom is -0.450 e. The second-order valence-electron chi connectivity index (χ2n) is 9.65. The van der Waals surface area contributed by atoms with Gasteiger partial charge >= 0.3 is 6.09 Å². The highest BCUT2D eigenvalue weighted by Gasteiger charge is 2.42. The molecule has 0 aromatic rings. The Bertz CT molecular complexity index is 557. The van der Waals surface area contributed by atoms with Crippen LogP contribution in [0.15, 0.2) is 0 Å². The van der Waals surface area contributed by atoms with E-state index in [2.05, 4.69) is 30.6 Å². The first kappa shape index (κ1) is 21.4. The molecule has 2 aliphatic heterocycles. The molecule has 1 saturated carbocycles. The molecule has 0 N–H and O–H groups in total. The van der Waals surface area contributed by atoms with E-state index < -0.39 is 0 Å². The van der Waals surface area contributed by atoms with Gasteiger partial charge in [-0.2, -0.15) is 0 Å². The second-order valence-corrected chi connectivity index (χ2v) is 9.65. The lowest BCUT2D eigenvalue weighted by atomic mass is 9.90. The van der Waals surface area contributed by atoms with Crippen molar-refractivity contribution in [1.29, 1.82) is 0 Å². The van der Waals surface area contributed by atoms with Gasteiger partial charge in [0.1, 0.15) is 0 Å². The number of carbonyl (C=O) groups excluding carboxylic acids is 2. The lowest BCUT2D eigenvalue weighted by molar-refractivity contribution is -0.133. The van der Waals surface area contributed by atoms with Gasteiger partial charge in [0, 0.05) is 50.7 Å². The topological polar surface area (TPSA) is 53.1 Å². The first-order chi connectivity index (χ1) is 13.2. The summed E-state index contributed by atoms with van der Waals surface area (Å²) in [7, 11) is 0. The molecule has 0 aromatic carbocycles. The van der Waals surface area contributed by atoms with Crippen molar-refractivity contribution in [3.8, 4) is 0 Å². The molecule has 160 valence electrons. The van der Waals surface area contributed by atoms with E-state index in [0.29, 0.717) is 24.1 Å². The van der Waals surface area contributed by atoms with Gasteiger partial charge in [-0.3, -0.25) is 4.79 Å². The number of ether oxygens (including phenoxy) is 1. The van der Waals surface area contributed by atoms with Crippen LogP contribution >= 0.6 is 0 Å². The maximum atomic E-state index is 12.3. The van der Waals surface area contributed by atoms with E-state index in [0.717, 1.165) is 45.3 Å². The Labute approximate surface area is 170 Å². The van der Waals surface area contributed by atoms with Crippen LogP contribution in [0.4, 0.5) is 4.79 Å². The molecule has 2 saturated heterocycles. The van der Waals surface area contributed by atoms with Gasteiger partial charge in [0.25, 0.3) is 0 Å². The van der Waals surface area contributed by atoms with Crippen LogP contribution in [0.1, 0.15) is 73.1 Å². The highest BCUT2D eigenvalue weighted by Crippen LogP contribution is 2.46. The minimum absolute atomic E-state index is 0.176. The van der Waals surface area contributed by atoms with E-state index >= 15 is 0 Å². The smallest absolute Gasteiger partial charge is 0.410 e. The number of carbonyl (C=O) groups is 2. The number of nitrogens with zero attached hydrogens (tertiary/aromatic N) is 3. The van der Waals surface area contributed by atoms with Crippen LogP contribution in [0.2, 0.25) is 0 Å². The Hall–Kier alpha value is -1.30. The molecule has 0 bridgehead atoms. The quantitative estimate of drug-likeness (QED) is 0.717. The molecular weight excluding hydrogens is 354 g/mol. The summed E-state index contributed by atoms with van der Waals surface area (Å²) in [5.74, 6) is 0.233. The largest absolute Gasteiger partial charge is 0.450 e. The molecule has 0 radical (unpaired) electrons. The van der Waals surface area contributed by atoms with Gasteiger partial charge in [-0.1, -0.05) is 6.92 Å². The zero-order valence-electron chi connectivity index (χ0n) is 18.4. The molecule has 3 fully saturated rings. The van der Waals surface area contributed by atoms with Crippen molar-refractivity contribution < 1.29 is 14.3 Å². The first-order valence-corrected chi connectivity index (χ1v) is 11.2. The lowest BCUT2D eigenvalue weighted by Crippen LogP contribution is -2.57. The lowest BCUT2D eigenvalue weighted by Gasteiger charge is -2.48. The molecule has 1 aliphatic carbocycles. The highest BCUT2D eigenvalue weighted by molar-refractivity contribution is 5.73. The monoisotopic (exact) mass is 393 g/mol. The fraction of sp³-hybridized carbons (Fsp3) is 0.909. The molecule has 3 rings (SSSR count). The Morgan fingerprint density at radius 3 is 2.14 bits per heavy atom. The van der Waals surface area contributed by atoms with Gasteiger partial charge in [0.15, 0.2) is 0 Å². The van der Waals surface area contributed by atoms with Crippen molar-refractivity contribution in [2.45, 2.75) is 97.3 Å². The van der Waals surface area contributed by atoms with Crippen LogP contribution in [0.5, 0.6) is 0 Å². The molecular formula is C22H39N3O3. The Kier molecular flexibility index (Phi) is 6.58. The third-order valence-electron chi connectivity index (χ3n) is 7.17.